The quantitative estimate of drug-likeness (QED) is 0.652. The van der Waals surface area contributed by atoms with Crippen molar-refractivity contribution >= 4 is 0 Å². The Hall–Kier alpha value is -0.0800. The van der Waals surface area contributed by atoms with Crippen molar-refractivity contribution in [3.63, 3.8) is 0 Å². The summed E-state index contributed by atoms with van der Waals surface area (Å²) >= 11 is 0. The highest BCUT2D eigenvalue weighted by atomic mass is 16.5. The van der Waals surface area contributed by atoms with E-state index in [1.54, 1.807) is 0 Å². The van der Waals surface area contributed by atoms with Crippen molar-refractivity contribution in [2.75, 3.05) is 32.8 Å². The fraction of sp³-hybridized carbons (Fsp3) is 1.00. The van der Waals surface area contributed by atoms with Gasteiger partial charge < -0.3 is 4.74 Å². The average Bonchev–Trinajstić information content (AvgIpc) is 2.07. The molecule has 0 spiro atoms. The van der Waals surface area contributed by atoms with E-state index in [9.17, 15) is 0 Å². The lowest BCUT2D eigenvalue weighted by Gasteiger charge is -2.26. The number of hydrogen-bond donors (Lipinski definition) is 0. The summed E-state index contributed by atoms with van der Waals surface area (Å²) in [6.45, 7) is 7.68. The lowest BCUT2D eigenvalue weighted by atomic mass is 10.2. The minimum atomic E-state index is 0. The van der Waals surface area contributed by atoms with Crippen LogP contribution in [-0.2, 0) is 4.74 Å². The molecule has 2 nitrogen and oxygen atoms in total. The summed E-state index contributed by atoms with van der Waals surface area (Å²) in [7, 11) is 0. The van der Waals surface area contributed by atoms with E-state index in [-0.39, 0.29) is 22.3 Å². The van der Waals surface area contributed by atoms with Crippen LogP contribution in [0.4, 0.5) is 0 Å². The van der Waals surface area contributed by atoms with E-state index in [1.807, 2.05) is 0 Å². The summed E-state index contributed by atoms with van der Waals surface area (Å²) in [5.41, 5.74) is 0. The van der Waals surface area contributed by atoms with Gasteiger partial charge in [-0.2, -0.15) is 0 Å². The van der Waals surface area contributed by atoms with Gasteiger partial charge >= 0.3 is 0 Å². The first-order valence-electron chi connectivity index (χ1n) is 4.73. The molecule has 0 bridgehead atoms. The van der Waals surface area contributed by atoms with Gasteiger partial charge in [0.2, 0.25) is 0 Å². The van der Waals surface area contributed by atoms with E-state index in [0.717, 1.165) is 26.3 Å². The number of hydrogen-bond acceptors (Lipinski definition) is 2. The predicted octanol–water partition coefficient (Wildman–Crippen LogP) is 3.42. The molecule has 14 heavy (non-hydrogen) atoms. The van der Waals surface area contributed by atoms with Crippen LogP contribution in [0, 0.1) is 0 Å². The molecule has 0 aliphatic carbocycles. The molecule has 1 saturated heterocycles. The van der Waals surface area contributed by atoms with E-state index >= 15 is 0 Å². The molecular weight excluding hydrogens is 174 g/mol. The molecule has 0 amide bonds. The SMILES string of the molecule is C.C.C.CCCCCN1CCOCC1. The fourth-order valence-corrected chi connectivity index (χ4v) is 1.41. The van der Waals surface area contributed by atoms with E-state index in [4.69, 9.17) is 4.74 Å². The van der Waals surface area contributed by atoms with Gasteiger partial charge in [-0.25, -0.2) is 0 Å². The van der Waals surface area contributed by atoms with E-state index in [2.05, 4.69) is 11.8 Å². The number of unbranched alkanes of at least 4 members (excludes halogenated alkanes) is 2. The summed E-state index contributed by atoms with van der Waals surface area (Å²) in [6.07, 6.45) is 4.05. The Morgan fingerprint density at radius 2 is 1.57 bits per heavy atom. The van der Waals surface area contributed by atoms with Crippen LogP contribution in [0.2, 0.25) is 0 Å². The van der Waals surface area contributed by atoms with Gasteiger partial charge in [0.25, 0.3) is 0 Å². The lowest BCUT2D eigenvalue weighted by molar-refractivity contribution is 0.0372. The van der Waals surface area contributed by atoms with Crippen molar-refractivity contribution in [2.24, 2.45) is 0 Å². The number of rotatable bonds is 4. The second kappa shape index (κ2) is 12.9. The first-order chi connectivity index (χ1) is 5.43. The molecule has 1 fully saturated rings. The third-order valence-electron chi connectivity index (χ3n) is 2.18. The Morgan fingerprint density at radius 1 is 1.00 bits per heavy atom. The first kappa shape index (κ1) is 19.5. The van der Waals surface area contributed by atoms with E-state index in [1.165, 1.54) is 25.8 Å². The van der Waals surface area contributed by atoms with Gasteiger partial charge in [0, 0.05) is 13.1 Å². The van der Waals surface area contributed by atoms with Crippen LogP contribution in [0.25, 0.3) is 0 Å². The number of nitrogens with zero attached hydrogens (tertiary/aromatic N) is 1. The van der Waals surface area contributed by atoms with Crippen molar-refractivity contribution in [1.82, 2.24) is 4.90 Å². The minimum Gasteiger partial charge on any atom is -0.379 e. The maximum atomic E-state index is 5.26. The Bertz CT molecular complexity index is 90.3. The maximum Gasteiger partial charge on any atom is 0.0594 e. The Labute approximate surface area is 91.6 Å². The van der Waals surface area contributed by atoms with Crippen molar-refractivity contribution < 1.29 is 4.74 Å². The fourth-order valence-electron chi connectivity index (χ4n) is 1.41. The van der Waals surface area contributed by atoms with E-state index < -0.39 is 0 Å². The number of ether oxygens (including phenoxy) is 1. The first-order valence-corrected chi connectivity index (χ1v) is 4.73. The molecule has 0 aromatic heterocycles. The molecule has 2 heteroatoms. The van der Waals surface area contributed by atoms with Crippen molar-refractivity contribution in [3.8, 4) is 0 Å². The molecule has 0 aromatic rings. The van der Waals surface area contributed by atoms with Gasteiger partial charge in [0.05, 0.1) is 13.2 Å². The molecule has 1 heterocycles. The zero-order valence-electron chi connectivity index (χ0n) is 7.51. The van der Waals surface area contributed by atoms with Crippen molar-refractivity contribution in [3.05, 3.63) is 0 Å². The van der Waals surface area contributed by atoms with Gasteiger partial charge in [0.1, 0.15) is 0 Å². The zero-order chi connectivity index (χ0) is 7.94. The maximum absolute atomic E-state index is 5.26. The molecule has 0 N–H and O–H groups in total. The summed E-state index contributed by atoms with van der Waals surface area (Å²) in [5, 5.41) is 0. The van der Waals surface area contributed by atoms with Crippen LogP contribution in [0.3, 0.4) is 0 Å². The highest BCUT2D eigenvalue weighted by Crippen LogP contribution is 2.01. The second-order valence-electron chi connectivity index (χ2n) is 3.16. The Balaban J connectivity index is -0.000000403. The van der Waals surface area contributed by atoms with Crippen LogP contribution in [-0.4, -0.2) is 37.7 Å². The molecule has 1 aliphatic heterocycles. The standard InChI is InChI=1S/C9H19NO.3CH4/c1-2-3-4-5-10-6-8-11-9-7-10;;;/h2-9H2,1H3;3*1H4. The van der Waals surface area contributed by atoms with Gasteiger partial charge in [-0.05, 0) is 13.0 Å². The van der Waals surface area contributed by atoms with Crippen LogP contribution in [0.15, 0.2) is 0 Å². The van der Waals surface area contributed by atoms with Crippen molar-refractivity contribution in [1.29, 1.82) is 0 Å². The molecular formula is C12H31NO. The lowest BCUT2D eigenvalue weighted by Crippen LogP contribution is -2.36. The minimum absolute atomic E-state index is 0. The Morgan fingerprint density at radius 3 is 2.07 bits per heavy atom. The number of morpholine rings is 1. The summed E-state index contributed by atoms with van der Waals surface area (Å²) < 4.78 is 5.26. The van der Waals surface area contributed by atoms with Gasteiger partial charge in [-0.1, -0.05) is 42.0 Å². The monoisotopic (exact) mass is 205 g/mol. The molecule has 0 saturated carbocycles. The average molecular weight is 205 g/mol. The van der Waals surface area contributed by atoms with Gasteiger partial charge in [-0.15, -0.1) is 0 Å². The van der Waals surface area contributed by atoms with Crippen LogP contribution in [0.5, 0.6) is 0 Å². The molecule has 0 unspecified atom stereocenters. The molecule has 0 radical (unpaired) electrons. The Kier molecular flexibility index (Phi) is 18.0. The summed E-state index contributed by atoms with van der Waals surface area (Å²) in [5.74, 6) is 0. The highest BCUT2D eigenvalue weighted by Gasteiger charge is 2.08. The van der Waals surface area contributed by atoms with Crippen molar-refractivity contribution in [2.45, 2.75) is 48.5 Å². The summed E-state index contributed by atoms with van der Waals surface area (Å²) in [4.78, 5) is 2.50. The third kappa shape index (κ3) is 8.52. The van der Waals surface area contributed by atoms with Crippen LogP contribution >= 0.6 is 0 Å². The molecule has 0 atom stereocenters. The summed E-state index contributed by atoms with van der Waals surface area (Å²) in [6, 6.07) is 0. The van der Waals surface area contributed by atoms with E-state index in [0.29, 0.717) is 0 Å². The largest absolute Gasteiger partial charge is 0.379 e. The second-order valence-corrected chi connectivity index (χ2v) is 3.16. The topological polar surface area (TPSA) is 12.5 Å². The van der Waals surface area contributed by atoms with Gasteiger partial charge in [-0.3, -0.25) is 4.90 Å². The van der Waals surface area contributed by atoms with Gasteiger partial charge in [0.15, 0.2) is 0 Å². The molecule has 1 aliphatic rings. The normalized spacial score (nSPS) is 16.1. The molecule has 0 aromatic carbocycles. The smallest absolute Gasteiger partial charge is 0.0594 e. The molecule has 90 valence electrons. The predicted molar refractivity (Wildman–Crippen MR) is 67.0 cm³/mol. The molecule has 1 rings (SSSR count). The van der Waals surface area contributed by atoms with Crippen LogP contribution < -0.4 is 0 Å². The highest BCUT2D eigenvalue weighted by molar-refractivity contribution is 4.60. The zero-order valence-corrected chi connectivity index (χ0v) is 7.51. The third-order valence-corrected chi connectivity index (χ3v) is 2.18. The van der Waals surface area contributed by atoms with Crippen LogP contribution in [0.1, 0.15) is 48.5 Å².